The van der Waals surface area contributed by atoms with Gasteiger partial charge < -0.3 is 5.32 Å². The van der Waals surface area contributed by atoms with Gasteiger partial charge >= 0.3 is 17.4 Å². The summed E-state index contributed by atoms with van der Waals surface area (Å²) in [6.45, 7) is 12.0. The van der Waals surface area contributed by atoms with Crippen molar-refractivity contribution in [1.82, 2.24) is 0 Å². The van der Waals surface area contributed by atoms with Gasteiger partial charge in [0.2, 0.25) is 0 Å². The molecule has 2 heteroatoms. The maximum Gasteiger partial charge on any atom is 3.00 e. The van der Waals surface area contributed by atoms with Crippen molar-refractivity contribution in [1.29, 1.82) is 0 Å². The predicted octanol–water partition coefficient (Wildman–Crippen LogP) is 4.93. The summed E-state index contributed by atoms with van der Waals surface area (Å²) in [7, 11) is 0. The van der Waals surface area contributed by atoms with Crippen LogP contribution in [0.3, 0.4) is 0 Å². The van der Waals surface area contributed by atoms with Crippen molar-refractivity contribution in [3.05, 3.63) is 95.8 Å². The van der Waals surface area contributed by atoms with E-state index in [1.54, 1.807) is 0 Å². The third-order valence-electron chi connectivity index (χ3n) is 2.72. The first kappa shape index (κ1) is 20.4. The van der Waals surface area contributed by atoms with Crippen molar-refractivity contribution < 1.29 is 0 Å². The molecule has 0 aromatic heterocycles. The zero-order valence-electron chi connectivity index (χ0n) is 13.4. The Labute approximate surface area is 145 Å². The van der Waals surface area contributed by atoms with Crippen LogP contribution in [0, 0.1) is 12.7 Å². The van der Waals surface area contributed by atoms with Crippen molar-refractivity contribution in [2.75, 3.05) is 13.1 Å². The van der Waals surface area contributed by atoms with E-state index in [0.717, 1.165) is 29.8 Å². The minimum atomic E-state index is 0. The first-order valence-corrected chi connectivity index (χ1v) is 7.23. The molecule has 0 radical (unpaired) electrons. The Balaban J connectivity index is 0.000000644. The van der Waals surface area contributed by atoms with E-state index in [9.17, 15) is 0 Å². The average Bonchev–Trinajstić information content (AvgIpc) is 2.56. The van der Waals surface area contributed by atoms with Gasteiger partial charge in [-0.3, -0.25) is 12.2 Å². The monoisotopic (exact) mass is 303 g/mol. The number of hydrogen-bond donors (Lipinski definition) is 0. The second kappa shape index (κ2) is 13.1. The van der Waals surface area contributed by atoms with Gasteiger partial charge in [0.15, 0.2) is 0 Å². The van der Waals surface area contributed by atoms with E-state index < -0.39 is 0 Å². The summed E-state index contributed by atoms with van der Waals surface area (Å²) in [6, 6.07) is 19.8. The second-order valence-corrected chi connectivity index (χ2v) is 4.33. The molecular formula is C20H22AlN. The molecule has 0 heterocycles. The Morgan fingerprint density at radius 2 is 1.45 bits per heavy atom. The zero-order chi connectivity index (χ0) is 15.3. The SMILES string of the molecule is CC[N-]CC.[Al+3].[CH-]=C(C=[C-]c1ccccc1)c1ccccc1. The van der Waals surface area contributed by atoms with Gasteiger partial charge in [0, 0.05) is 0 Å². The largest absolute Gasteiger partial charge is 3.00 e. The molecule has 0 amide bonds. The van der Waals surface area contributed by atoms with Crippen LogP contribution in [0.25, 0.3) is 10.9 Å². The van der Waals surface area contributed by atoms with E-state index in [0.29, 0.717) is 0 Å². The maximum atomic E-state index is 5.94. The van der Waals surface area contributed by atoms with E-state index in [4.69, 9.17) is 6.58 Å². The topological polar surface area (TPSA) is 14.1 Å². The minimum absolute atomic E-state index is 0. The van der Waals surface area contributed by atoms with Gasteiger partial charge in [0.25, 0.3) is 0 Å². The van der Waals surface area contributed by atoms with Gasteiger partial charge in [0.1, 0.15) is 0 Å². The van der Waals surface area contributed by atoms with Gasteiger partial charge in [-0.2, -0.15) is 24.2 Å². The number of nitrogens with zero attached hydrogens (tertiary/aromatic N) is 1. The molecule has 0 spiro atoms. The van der Waals surface area contributed by atoms with E-state index in [1.807, 2.05) is 80.6 Å². The molecule has 0 N–H and O–H groups in total. The number of hydrogen-bond acceptors (Lipinski definition) is 0. The fourth-order valence-electron chi connectivity index (χ4n) is 1.63. The molecule has 0 unspecified atom stereocenters. The molecule has 2 aromatic rings. The molecule has 2 rings (SSSR count). The molecule has 0 aliphatic carbocycles. The number of benzene rings is 2. The molecule has 0 saturated heterocycles. The van der Waals surface area contributed by atoms with Crippen LogP contribution in [-0.2, 0) is 0 Å². The quantitative estimate of drug-likeness (QED) is 0.422. The van der Waals surface area contributed by atoms with E-state index >= 15 is 0 Å². The summed E-state index contributed by atoms with van der Waals surface area (Å²) in [6.07, 6.45) is 4.97. The predicted molar refractivity (Wildman–Crippen MR) is 97.7 cm³/mol. The van der Waals surface area contributed by atoms with E-state index in [2.05, 4.69) is 11.4 Å². The Morgan fingerprint density at radius 3 is 1.91 bits per heavy atom. The molecule has 0 fully saturated rings. The minimum Gasteiger partial charge on any atom is -0.663 e. The molecule has 0 aliphatic rings. The third kappa shape index (κ3) is 8.64. The summed E-state index contributed by atoms with van der Waals surface area (Å²) in [5, 5.41) is 3.97. The van der Waals surface area contributed by atoms with Gasteiger partial charge in [-0.1, -0.05) is 38.1 Å². The van der Waals surface area contributed by atoms with Gasteiger partial charge in [0.05, 0.1) is 0 Å². The molecule has 0 aliphatic heterocycles. The van der Waals surface area contributed by atoms with Crippen LogP contribution in [0.4, 0.5) is 0 Å². The van der Waals surface area contributed by atoms with Crippen molar-refractivity contribution in [2.24, 2.45) is 0 Å². The molecular weight excluding hydrogens is 281 g/mol. The average molecular weight is 303 g/mol. The fraction of sp³-hybridized carbons (Fsp3) is 0.200. The van der Waals surface area contributed by atoms with Gasteiger partial charge in [-0.15, -0.1) is 36.4 Å². The first-order chi connectivity index (χ1) is 10.3. The van der Waals surface area contributed by atoms with Crippen LogP contribution in [0.5, 0.6) is 0 Å². The summed E-state index contributed by atoms with van der Waals surface area (Å²) >= 11 is 0. The first-order valence-electron chi connectivity index (χ1n) is 7.23. The Hall–Kier alpha value is -1.59. The Kier molecular flexibility index (Phi) is 12.2. The molecule has 110 valence electrons. The Bertz CT molecular complexity index is 530. The summed E-state index contributed by atoms with van der Waals surface area (Å²) in [5.41, 5.74) is 2.77. The molecule has 0 bridgehead atoms. The molecule has 22 heavy (non-hydrogen) atoms. The van der Waals surface area contributed by atoms with Crippen molar-refractivity contribution >= 4 is 22.9 Å². The maximum absolute atomic E-state index is 5.94. The van der Waals surface area contributed by atoms with Crippen LogP contribution in [0.2, 0.25) is 0 Å². The van der Waals surface area contributed by atoms with Crippen LogP contribution >= 0.6 is 0 Å². The number of rotatable bonds is 5. The van der Waals surface area contributed by atoms with Crippen LogP contribution in [0.15, 0.2) is 66.7 Å². The van der Waals surface area contributed by atoms with Gasteiger partial charge in [-0.05, 0) is 0 Å². The second-order valence-electron chi connectivity index (χ2n) is 4.33. The standard InChI is InChI=1S/C16H12.C4H10N.Al/c1-14(16-10-6-3-7-11-16)12-13-15-8-4-2-5-9-15;1-3-5-4-2;/h1-12H;3-4H2,1-2H3;/q-2;-1;+3. The van der Waals surface area contributed by atoms with Crippen molar-refractivity contribution in [3.63, 3.8) is 0 Å². The van der Waals surface area contributed by atoms with Crippen LogP contribution in [0.1, 0.15) is 25.0 Å². The normalized spacial score (nSPS) is 9.55. The fourth-order valence-corrected chi connectivity index (χ4v) is 1.63. The smallest absolute Gasteiger partial charge is 0.663 e. The van der Waals surface area contributed by atoms with Crippen LogP contribution < -0.4 is 0 Å². The summed E-state index contributed by atoms with van der Waals surface area (Å²) in [4.78, 5) is 0. The number of allylic oxidation sites excluding steroid dienone is 2. The van der Waals surface area contributed by atoms with Crippen molar-refractivity contribution in [3.8, 4) is 0 Å². The molecule has 0 atom stereocenters. The molecule has 1 nitrogen and oxygen atoms in total. The summed E-state index contributed by atoms with van der Waals surface area (Å²) < 4.78 is 0. The summed E-state index contributed by atoms with van der Waals surface area (Å²) in [5.74, 6) is 0. The zero-order valence-corrected chi connectivity index (χ0v) is 14.5. The van der Waals surface area contributed by atoms with E-state index in [1.165, 1.54) is 0 Å². The molecule has 0 saturated carbocycles. The van der Waals surface area contributed by atoms with Gasteiger partial charge in [-0.25, -0.2) is 12.2 Å². The van der Waals surface area contributed by atoms with E-state index in [-0.39, 0.29) is 17.4 Å². The molecule has 2 aromatic carbocycles. The van der Waals surface area contributed by atoms with Crippen LogP contribution in [-0.4, -0.2) is 30.5 Å². The third-order valence-corrected chi connectivity index (χ3v) is 2.72. The van der Waals surface area contributed by atoms with Crippen molar-refractivity contribution in [2.45, 2.75) is 13.8 Å². The Morgan fingerprint density at radius 1 is 0.955 bits per heavy atom.